The monoisotopic (exact) mass is 285 g/mol. The molecule has 2 aliphatic rings. The van der Waals surface area contributed by atoms with Crippen LogP contribution in [0.2, 0.25) is 0 Å². The largest absolute Gasteiger partial charge is 0.302 e. The highest BCUT2D eigenvalue weighted by Gasteiger charge is 2.34. The van der Waals surface area contributed by atoms with E-state index in [4.69, 9.17) is 0 Å². The number of hydrogen-bond acceptors (Lipinski definition) is 2. The molecule has 1 aliphatic heterocycles. The van der Waals surface area contributed by atoms with Gasteiger partial charge in [0.05, 0.1) is 0 Å². The maximum atomic E-state index is 12.2. The average molecular weight is 285 g/mol. The Balaban J connectivity index is 1.63. The van der Waals surface area contributed by atoms with Gasteiger partial charge in [-0.1, -0.05) is 38.1 Å². The third kappa shape index (κ3) is 3.55. The van der Waals surface area contributed by atoms with Crippen LogP contribution in [0.15, 0.2) is 24.3 Å². The van der Waals surface area contributed by atoms with Crippen molar-refractivity contribution >= 4 is 5.78 Å². The normalized spacial score (nSPS) is 26.2. The molecule has 114 valence electrons. The lowest BCUT2D eigenvalue weighted by atomic mass is 9.71. The number of carbonyl (C=O) groups is 1. The van der Waals surface area contributed by atoms with E-state index in [1.165, 1.54) is 11.1 Å². The lowest BCUT2D eigenvalue weighted by molar-refractivity contribution is -0.127. The second-order valence-electron chi connectivity index (χ2n) is 7.60. The van der Waals surface area contributed by atoms with Crippen LogP contribution < -0.4 is 0 Å². The smallest absolute Gasteiger partial charge is 0.137 e. The molecule has 2 nitrogen and oxygen atoms in total. The van der Waals surface area contributed by atoms with Gasteiger partial charge < -0.3 is 4.90 Å². The first-order valence-electron chi connectivity index (χ1n) is 8.35. The van der Waals surface area contributed by atoms with E-state index >= 15 is 0 Å². The first-order chi connectivity index (χ1) is 10.0. The molecule has 0 N–H and O–H groups in total. The standard InChI is InChI=1S/C19H27NO/c1-19(2)10-7-18(21)17(13-19)14-20-11-8-15-5-3-4-6-16(15)9-12-20/h3-6,17H,7-14H2,1-2H3. The Morgan fingerprint density at radius 2 is 1.71 bits per heavy atom. The van der Waals surface area contributed by atoms with E-state index in [1.807, 2.05) is 0 Å². The van der Waals surface area contributed by atoms with Crippen LogP contribution in [0.3, 0.4) is 0 Å². The summed E-state index contributed by atoms with van der Waals surface area (Å²) in [5.74, 6) is 0.756. The van der Waals surface area contributed by atoms with Crippen LogP contribution in [0.1, 0.15) is 44.2 Å². The van der Waals surface area contributed by atoms with E-state index in [9.17, 15) is 4.79 Å². The molecule has 1 saturated carbocycles. The van der Waals surface area contributed by atoms with Crippen molar-refractivity contribution in [2.45, 2.75) is 46.0 Å². The molecule has 1 fully saturated rings. The number of Topliss-reactive ketones (excluding diaryl/α,β-unsaturated/α-hetero) is 1. The zero-order valence-corrected chi connectivity index (χ0v) is 13.4. The van der Waals surface area contributed by atoms with E-state index in [1.54, 1.807) is 0 Å². The molecular weight excluding hydrogens is 258 g/mol. The number of fused-ring (bicyclic) bond motifs is 1. The molecular formula is C19H27NO. The van der Waals surface area contributed by atoms with Gasteiger partial charge in [-0.2, -0.15) is 0 Å². The topological polar surface area (TPSA) is 20.3 Å². The maximum Gasteiger partial charge on any atom is 0.137 e. The number of ketones is 1. The van der Waals surface area contributed by atoms with Gasteiger partial charge in [0.25, 0.3) is 0 Å². The van der Waals surface area contributed by atoms with Crippen LogP contribution in [0.4, 0.5) is 0 Å². The molecule has 0 saturated heterocycles. The Bertz CT molecular complexity index is 493. The Morgan fingerprint density at radius 3 is 2.33 bits per heavy atom. The summed E-state index contributed by atoms with van der Waals surface area (Å²) in [6, 6.07) is 8.80. The third-order valence-electron chi connectivity index (χ3n) is 5.29. The van der Waals surface area contributed by atoms with Crippen LogP contribution in [-0.2, 0) is 17.6 Å². The fraction of sp³-hybridized carbons (Fsp3) is 0.632. The number of hydrogen-bond donors (Lipinski definition) is 0. The van der Waals surface area contributed by atoms with Gasteiger partial charge in [0, 0.05) is 32.0 Å². The predicted molar refractivity (Wildman–Crippen MR) is 86.4 cm³/mol. The summed E-state index contributed by atoms with van der Waals surface area (Å²) in [4.78, 5) is 14.8. The van der Waals surface area contributed by atoms with Gasteiger partial charge in [-0.25, -0.2) is 0 Å². The molecule has 0 amide bonds. The lowest BCUT2D eigenvalue weighted by Gasteiger charge is -2.36. The highest BCUT2D eigenvalue weighted by atomic mass is 16.1. The quantitative estimate of drug-likeness (QED) is 0.829. The van der Waals surface area contributed by atoms with Crippen molar-refractivity contribution in [3.05, 3.63) is 35.4 Å². The van der Waals surface area contributed by atoms with E-state index in [0.717, 1.165) is 51.7 Å². The fourth-order valence-electron chi connectivity index (χ4n) is 3.92. The summed E-state index contributed by atoms with van der Waals surface area (Å²) < 4.78 is 0. The minimum Gasteiger partial charge on any atom is -0.302 e. The Hall–Kier alpha value is -1.15. The van der Waals surface area contributed by atoms with Crippen molar-refractivity contribution in [3.63, 3.8) is 0 Å². The van der Waals surface area contributed by atoms with E-state index in [0.29, 0.717) is 11.2 Å². The predicted octanol–water partition coefficient (Wildman–Crippen LogP) is 3.48. The summed E-state index contributed by atoms with van der Waals surface area (Å²) in [7, 11) is 0. The van der Waals surface area contributed by atoms with E-state index < -0.39 is 0 Å². The van der Waals surface area contributed by atoms with Crippen LogP contribution in [-0.4, -0.2) is 30.3 Å². The summed E-state index contributed by atoms with van der Waals surface area (Å²) in [5, 5.41) is 0. The molecule has 1 heterocycles. The van der Waals surface area contributed by atoms with Gasteiger partial charge in [-0.15, -0.1) is 0 Å². The van der Waals surface area contributed by atoms with Gasteiger partial charge in [0.1, 0.15) is 5.78 Å². The molecule has 0 aromatic heterocycles. The van der Waals surface area contributed by atoms with Crippen molar-refractivity contribution in [2.75, 3.05) is 19.6 Å². The van der Waals surface area contributed by atoms with Gasteiger partial charge in [0.2, 0.25) is 0 Å². The summed E-state index contributed by atoms with van der Waals surface area (Å²) in [5.41, 5.74) is 3.33. The van der Waals surface area contributed by atoms with Crippen molar-refractivity contribution in [2.24, 2.45) is 11.3 Å². The molecule has 1 unspecified atom stereocenters. The number of carbonyl (C=O) groups excluding carboxylic acids is 1. The Labute approximate surface area is 128 Å². The second-order valence-corrected chi connectivity index (χ2v) is 7.60. The lowest BCUT2D eigenvalue weighted by Crippen LogP contribution is -2.39. The molecule has 0 spiro atoms. The van der Waals surface area contributed by atoms with Gasteiger partial charge in [-0.05, 0) is 42.2 Å². The maximum absolute atomic E-state index is 12.2. The van der Waals surface area contributed by atoms with Gasteiger partial charge >= 0.3 is 0 Å². The average Bonchev–Trinajstić information content (AvgIpc) is 2.66. The molecule has 1 aromatic carbocycles. The highest BCUT2D eigenvalue weighted by Crippen LogP contribution is 2.37. The van der Waals surface area contributed by atoms with Crippen LogP contribution >= 0.6 is 0 Å². The third-order valence-corrected chi connectivity index (χ3v) is 5.29. The molecule has 1 aromatic rings. The van der Waals surface area contributed by atoms with E-state index in [2.05, 4.69) is 43.0 Å². The highest BCUT2D eigenvalue weighted by molar-refractivity contribution is 5.82. The number of rotatable bonds is 2. The summed E-state index contributed by atoms with van der Waals surface area (Å²) in [6.07, 6.45) is 5.16. The van der Waals surface area contributed by atoms with Crippen molar-refractivity contribution in [3.8, 4) is 0 Å². The molecule has 21 heavy (non-hydrogen) atoms. The Kier molecular flexibility index (Phi) is 4.17. The molecule has 2 heteroatoms. The van der Waals surface area contributed by atoms with Crippen molar-refractivity contribution in [1.29, 1.82) is 0 Å². The van der Waals surface area contributed by atoms with Gasteiger partial charge in [0.15, 0.2) is 0 Å². The second kappa shape index (κ2) is 5.92. The molecule has 1 aliphatic carbocycles. The number of nitrogens with zero attached hydrogens (tertiary/aromatic N) is 1. The molecule has 3 rings (SSSR count). The van der Waals surface area contributed by atoms with Crippen LogP contribution in [0.5, 0.6) is 0 Å². The van der Waals surface area contributed by atoms with Crippen molar-refractivity contribution < 1.29 is 4.79 Å². The van der Waals surface area contributed by atoms with E-state index in [-0.39, 0.29) is 5.92 Å². The minimum absolute atomic E-state index is 0.259. The van der Waals surface area contributed by atoms with Gasteiger partial charge in [-0.3, -0.25) is 4.79 Å². The summed E-state index contributed by atoms with van der Waals surface area (Å²) >= 11 is 0. The number of benzene rings is 1. The first-order valence-corrected chi connectivity index (χ1v) is 8.35. The summed E-state index contributed by atoms with van der Waals surface area (Å²) in [6.45, 7) is 7.79. The Morgan fingerprint density at radius 1 is 1.10 bits per heavy atom. The molecule has 0 bridgehead atoms. The first kappa shape index (κ1) is 14.8. The molecule has 0 radical (unpaired) electrons. The SMILES string of the molecule is CC1(C)CCC(=O)C(CN2CCc3ccccc3CC2)C1. The zero-order valence-electron chi connectivity index (χ0n) is 13.4. The zero-order chi connectivity index (χ0) is 14.9. The van der Waals surface area contributed by atoms with Crippen molar-refractivity contribution in [1.82, 2.24) is 4.90 Å². The molecule has 1 atom stereocenters. The fourth-order valence-corrected chi connectivity index (χ4v) is 3.92. The minimum atomic E-state index is 0.259. The van der Waals surface area contributed by atoms with Crippen LogP contribution in [0, 0.1) is 11.3 Å². The van der Waals surface area contributed by atoms with Crippen LogP contribution in [0.25, 0.3) is 0 Å².